The fourth-order valence-electron chi connectivity index (χ4n) is 2.29. The van der Waals surface area contributed by atoms with E-state index in [4.69, 9.17) is 0 Å². The molecule has 0 heterocycles. The van der Waals surface area contributed by atoms with Crippen molar-refractivity contribution in [3.05, 3.63) is 95.3 Å². The van der Waals surface area contributed by atoms with Crippen LogP contribution in [0.4, 0.5) is 24.5 Å². The Morgan fingerprint density at radius 2 is 1.15 bits per heavy atom. The van der Waals surface area contributed by atoms with Gasteiger partial charge in [0.25, 0.3) is 11.8 Å². The number of benzene rings is 3. The lowest BCUT2D eigenvalue weighted by Crippen LogP contribution is -2.15. The van der Waals surface area contributed by atoms with E-state index in [-0.39, 0.29) is 16.8 Å². The Bertz CT molecular complexity index is 987. The predicted octanol–water partition coefficient (Wildman–Crippen LogP) is 4.61. The molecule has 0 aromatic heterocycles. The molecular formula is C20H13F3N2O2. The topological polar surface area (TPSA) is 58.2 Å². The number of nitrogens with one attached hydrogen (secondary N) is 2. The van der Waals surface area contributed by atoms with Gasteiger partial charge in [0.2, 0.25) is 0 Å². The zero-order valence-corrected chi connectivity index (χ0v) is 13.8. The largest absolute Gasteiger partial charge is 0.322 e. The summed E-state index contributed by atoms with van der Waals surface area (Å²) in [5.41, 5.74) is 0.746. The molecule has 0 aliphatic rings. The molecule has 4 nitrogen and oxygen atoms in total. The van der Waals surface area contributed by atoms with E-state index in [1.807, 2.05) is 0 Å². The van der Waals surface area contributed by atoms with Gasteiger partial charge < -0.3 is 10.6 Å². The van der Waals surface area contributed by atoms with Crippen LogP contribution >= 0.6 is 0 Å². The highest BCUT2D eigenvalue weighted by Crippen LogP contribution is 2.17. The lowest BCUT2D eigenvalue weighted by molar-refractivity contribution is 0.101. The molecule has 0 fully saturated rings. The van der Waals surface area contributed by atoms with Crippen LogP contribution in [-0.4, -0.2) is 11.8 Å². The van der Waals surface area contributed by atoms with Crippen LogP contribution in [0.2, 0.25) is 0 Å². The molecule has 0 unspecified atom stereocenters. The Kier molecular flexibility index (Phi) is 5.21. The van der Waals surface area contributed by atoms with Crippen molar-refractivity contribution >= 4 is 23.2 Å². The van der Waals surface area contributed by atoms with E-state index in [0.29, 0.717) is 11.8 Å². The van der Waals surface area contributed by atoms with E-state index in [2.05, 4.69) is 10.6 Å². The van der Waals surface area contributed by atoms with E-state index in [1.54, 1.807) is 0 Å². The van der Waals surface area contributed by atoms with E-state index < -0.39 is 29.3 Å². The second kappa shape index (κ2) is 7.74. The maximum atomic E-state index is 13.6. The van der Waals surface area contributed by atoms with Crippen LogP contribution in [0.25, 0.3) is 0 Å². The number of carbonyl (C=O) groups excluding carboxylic acids is 2. The average Bonchev–Trinajstić information content (AvgIpc) is 2.66. The van der Waals surface area contributed by atoms with Gasteiger partial charge in [-0.3, -0.25) is 9.59 Å². The number of carbonyl (C=O) groups is 2. The number of hydrogen-bond acceptors (Lipinski definition) is 2. The smallest absolute Gasteiger partial charge is 0.255 e. The number of hydrogen-bond donors (Lipinski definition) is 2. The van der Waals surface area contributed by atoms with Crippen molar-refractivity contribution in [2.75, 3.05) is 10.6 Å². The fourth-order valence-corrected chi connectivity index (χ4v) is 2.29. The van der Waals surface area contributed by atoms with Crippen molar-refractivity contribution < 1.29 is 22.8 Å². The van der Waals surface area contributed by atoms with Crippen molar-refractivity contribution in [1.82, 2.24) is 0 Å². The standard InChI is InChI=1S/C20H13F3N2O2/c21-14-5-8-16(9-6-14)24-19(26)12-1-3-13(4-2-12)20(27)25-18-10-7-15(22)11-17(18)23/h1-11H,(H,24,26)(H,25,27). The minimum atomic E-state index is -0.890. The summed E-state index contributed by atoms with van der Waals surface area (Å²) in [7, 11) is 0. The zero-order valence-electron chi connectivity index (χ0n) is 13.8. The number of amides is 2. The summed E-state index contributed by atoms with van der Waals surface area (Å²) in [5.74, 6) is -3.09. The molecule has 3 rings (SSSR count). The molecule has 2 N–H and O–H groups in total. The highest BCUT2D eigenvalue weighted by molar-refractivity contribution is 6.07. The predicted molar refractivity (Wildman–Crippen MR) is 95.1 cm³/mol. The monoisotopic (exact) mass is 370 g/mol. The lowest BCUT2D eigenvalue weighted by Gasteiger charge is -2.08. The Hall–Kier alpha value is -3.61. The molecular weight excluding hydrogens is 357 g/mol. The molecule has 0 aliphatic carbocycles. The van der Waals surface area contributed by atoms with Gasteiger partial charge >= 0.3 is 0 Å². The van der Waals surface area contributed by atoms with Gasteiger partial charge in [0.15, 0.2) is 0 Å². The molecule has 0 spiro atoms. The Morgan fingerprint density at radius 1 is 0.630 bits per heavy atom. The summed E-state index contributed by atoms with van der Waals surface area (Å²) in [6.45, 7) is 0. The summed E-state index contributed by atoms with van der Waals surface area (Å²) in [5, 5.41) is 4.93. The van der Waals surface area contributed by atoms with Crippen LogP contribution in [-0.2, 0) is 0 Å². The Balaban J connectivity index is 1.67. The van der Waals surface area contributed by atoms with Crippen LogP contribution in [0.15, 0.2) is 66.7 Å². The van der Waals surface area contributed by atoms with Crippen LogP contribution in [0.1, 0.15) is 20.7 Å². The summed E-state index contributed by atoms with van der Waals surface area (Å²) in [6, 6.07) is 13.7. The number of anilines is 2. The van der Waals surface area contributed by atoms with Crippen molar-refractivity contribution in [3.63, 3.8) is 0 Å². The van der Waals surface area contributed by atoms with Crippen molar-refractivity contribution in [3.8, 4) is 0 Å². The average molecular weight is 370 g/mol. The van der Waals surface area contributed by atoms with Gasteiger partial charge in [-0.05, 0) is 60.7 Å². The van der Waals surface area contributed by atoms with Crippen LogP contribution in [0, 0.1) is 17.5 Å². The van der Waals surface area contributed by atoms with Crippen LogP contribution in [0.3, 0.4) is 0 Å². The second-order valence-electron chi connectivity index (χ2n) is 5.62. The quantitative estimate of drug-likeness (QED) is 0.705. The SMILES string of the molecule is O=C(Nc1ccc(F)cc1)c1ccc(C(=O)Nc2ccc(F)cc2F)cc1. The Morgan fingerprint density at radius 3 is 1.70 bits per heavy atom. The molecule has 3 aromatic rings. The maximum absolute atomic E-state index is 13.6. The van der Waals surface area contributed by atoms with Crippen molar-refractivity contribution in [2.45, 2.75) is 0 Å². The number of halogens is 3. The van der Waals surface area contributed by atoms with Gasteiger partial charge in [0, 0.05) is 22.9 Å². The molecule has 0 saturated carbocycles. The molecule has 27 heavy (non-hydrogen) atoms. The highest BCUT2D eigenvalue weighted by Gasteiger charge is 2.12. The van der Waals surface area contributed by atoms with Gasteiger partial charge in [0.1, 0.15) is 17.5 Å². The zero-order chi connectivity index (χ0) is 19.4. The molecule has 0 atom stereocenters. The maximum Gasteiger partial charge on any atom is 0.255 e. The van der Waals surface area contributed by atoms with Gasteiger partial charge in [-0.1, -0.05) is 0 Å². The van der Waals surface area contributed by atoms with E-state index in [1.165, 1.54) is 48.5 Å². The minimum absolute atomic E-state index is 0.153. The van der Waals surface area contributed by atoms with E-state index >= 15 is 0 Å². The molecule has 0 aliphatic heterocycles. The third-order valence-corrected chi connectivity index (χ3v) is 3.69. The van der Waals surface area contributed by atoms with Crippen LogP contribution in [0.5, 0.6) is 0 Å². The second-order valence-corrected chi connectivity index (χ2v) is 5.62. The summed E-state index contributed by atoms with van der Waals surface area (Å²) in [6.07, 6.45) is 0. The lowest BCUT2D eigenvalue weighted by atomic mass is 10.1. The molecule has 0 bridgehead atoms. The van der Waals surface area contributed by atoms with Crippen molar-refractivity contribution in [1.29, 1.82) is 0 Å². The molecule has 0 radical (unpaired) electrons. The van der Waals surface area contributed by atoms with Crippen molar-refractivity contribution in [2.24, 2.45) is 0 Å². The highest BCUT2D eigenvalue weighted by atomic mass is 19.1. The minimum Gasteiger partial charge on any atom is -0.322 e. The summed E-state index contributed by atoms with van der Waals surface area (Å²) >= 11 is 0. The molecule has 7 heteroatoms. The molecule has 2 amide bonds. The van der Waals surface area contributed by atoms with Gasteiger partial charge in [0.05, 0.1) is 5.69 Å². The first-order chi connectivity index (χ1) is 12.9. The summed E-state index contributed by atoms with van der Waals surface area (Å²) < 4.78 is 39.4. The van der Waals surface area contributed by atoms with Gasteiger partial charge in [-0.2, -0.15) is 0 Å². The van der Waals surface area contributed by atoms with Gasteiger partial charge in [-0.25, -0.2) is 13.2 Å². The van der Waals surface area contributed by atoms with E-state index in [9.17, 15) is 22.8 Å². The third kappa shape index (κ3) is 4.52. The van der Waals surface area contributed by atoms with Crippen LogP contribution < -0.4 is 10.6 Å². The van der Waals surface area contributed by atoms with Gasteiger partial charge in [-0.15, -0.1) is 0 Å². The molecule has 0 saturated heterocycles. The van der Waals surface area contributed by atoms with E-state index in [0.717, 1.165) is 12.1 Å². The first-order valence-electron chi connectivity index (χ1n) is 7.86. The third-order valence-electron chi connectivity index (χ3n) is 3.69. The first-order valence-corrected chi connectivity index (χ1v) is 7.86. The normalized spacial score (nSPS) is 10.3. The first kappa shape index (κ1) is 18.2. The molecule has 3 aromatic carbocycles. The fraction of sp³-hybridized carbons (Fsp3) is 0. The Labute approximate surface area is 152 Å². The summed E-state index contributed by atoms with van der Waals surface area (Å²) in [4.78, 5) is 24.3. The number of rotatable bonds is 4. The molecule has 136 valence electrons.